The maximum atomic E-state index is 11.5. The van der Waals surface area contributed by atoms with E-state index in [1.54, 1.807) is 7.11 Å². The molecule has 1 amide bonds. The Morgan fingerprint density at radius 2 is 2.24 bits per heavy atom. The molecule has 0 saturated heterocycles. The lowest BCUT2D eigenvalue weighted by Gasteiger charge is -2.12. The van der Waals surface area contributed by atoms with Crippen LogP contribution >= 0.6 is 0 Å². The van der Waals surface area contributed by atoms with Crippen molar-refractivity contribution >= 4 is 11.6 Å². The Morgan fingerprint density at radius 1 is 1.47 bits per heavy atom. The van der Waals surface area contributed by atoms with E-state index >= 15 is 0 Å². The van der Waals surface area contributed by atoms with Gasteiger partial charge in [0.15, 0.2) is 0 Å². The molecule has 0 heterocycles. The molecular formula is C13H20N2O2. The summed E-state index contributed by atoms with van der Waals surface area (Å²) in [4.78, 5) is 11.5. The fourth-order valence-corrected chi connectivity index (χ4v) is 1.47. The minimum absolute atomic E-state index is 0.0267. The van der Waals surface area contributed by atoms with Crippen molar-refractivity contribution in [2.45, 2.75) is 19.4 Å². The van der Waals surface area contributed by atoms with Gasteiger partial charge in [-0.2, -0.15) is 0 Å². The van der Waals surface area contributed by atoms with Crippen molar-refractivity contribution in [2.24, 2.45) is 0 Å². The Labute approximate surface area is 102 Å². The molecule has 1 rings (SSSR count). The minimum atomic E-state index is -0.0267. The van der Waals surface area contributed by atoms with Crippen molar-refractivity contribution in [3.05, 3.63) is 29.8 Å². The molecule has 0 fully saturated rings. The summed E-state index contributed by atoms with van der Waals surface area (Å²) in [5, 5.41) is 6.01. The Hall–Kier alpha value is -1.39. The van der Waals surface area contributed by atoms with E-state index in [0.29, 0.717) is 13.0 Å². The number of benzene rings is 1. The van der Waals surface area contributed by atoms with Crippen molar-refractivity contribution in [3.8, 4) is 0 Å². The van der Waals surface area contributed by atoms with E-state index in [0.717, 1.165) is 11.3 Å². The van der Waals surface area contributed by atoms with Crippen LogP contribution in [-0.4, -0.2) is 26.7 Å². The molecule has 0 aliphatic heterocycles. The van der Waals surface area contributed by atoms with Gasteiger partial charge in [-0.3, -0.25) is 4.79 Å². The zero-order valence-electron chi connectivity index (χ0n) is 10.6. The molecule has 0 radical (unpaired) electrons. The number of amides is 1. The predicted octanol–water partition coefficient (Wildman–Crippen LogP) is 1.94. The van der Waals surface area contributed by atoms with Crippen LogP contribution in [0.25, 0.3) is 0 Å². The van der Waals surface area contributed by atoms with Gasteiger partial charge >= 0.3 is 0 Å². The van der Waals surface area contributed by atoms with Crippen LogP contribution in [0.5, 0.6) is 0 Å². The van der Waals surface area contributed by atoms with Crippen LogP contribution in [-0.2, 0) is 9.53 Å². The highest BCUT2D eigenvalue weighted by Gasteiger charge is 2.05. The van der Waals surface area contributed by atoms with Crippen molar-refractivity contribution < 1.29 is 9.53 Å². The summed E-state index contributed by atoms with van der Waals surface area (Å²) in [7, 11) is 3.50. The fourth-order valence-electron chi connectivity index (χ4n) is 1.47. The predicted molar refractivity (Wildman–Crippen MR) is 69.0 cm³/mol. The molecular weight excluding hydrogens is 216 g/mol. The molecule has 0 bridgehead atoms. The lowest BCUT2D eigenvalue weighted by molar-refractivity contribution is -0.117. The van der Waals surface area contributed by atoms with E-state index in [1.165, 1.54) is 0 Å². The van der Waals surface area contributed by atoms with E-state index in [1.807, 2.05) is 31.3 Å². The number of nitrogens with one attached hydrogen (secondary N) is 2. The molecule has 1 atom stereocenters. The summed E-state index contributed by atoms with van der Waals surface area (Å²) in [6, 6.07) is 8.11. The van der Waals surface area contributed by atoms with Gasteiger partial charge in [0.1, 0.15) is 0 Å². The third kappa shape index (κ3) is 4.54. The highest BCUT2D eigenvalue weighted by molar-refractivity contribution is 5.90. The van der Waals surface area contributed by atoms with Crippen LogP contribution in [0.15, 0.2) is 24.3 Å². The molecule has 1 aromatic carbocycles. The first kappa shape index (κ1) is 13.7. The molecule has 0 aromatic heterocycles. The summed E-state index contributed by atoms with van der Waals surface area (Å²) in [5.74, 6) is -0.0267. The molecule has 0 aliphatic rings. The average Bonchev–Trinajstić information content (AvgIpc) is 2.35. The van der Waals surface area contributed by atoms with Gasteiger partial charge in [-0.1, -0.05) is 12.1 Å². The Kier molecular flexibility index (Phi) is 5.66. The summed E-state index contributed by atoms with van der Waals surface area (Å²) in [5.41, 5.74) is 1.97. The third-order valence-corrected chi connectivity index (χ3v) is 2.64. The first-order valence-electron chi connectivity index (χ1n) is 5.73. The lowest BCUT2D eigenvalue weighted by Crippen LogP contribution is -2.15. The first-order chi connectivity index (χ1) is 8.17. The normalized spacial score (nSPS) is 12.2. The molecule has 94 valence electrons. The second kappa shape index (κ2) is 7.04. The molecule has 0 spiro atoms. The van der Waals surface area contributed by atoms with Crippen molar-refractivity contribution in [1.29, 1.82) is 0 Å². The van der Waals surface area contributed by atoms with Crippen LogP contribution in [0.3, 0.4) is 0 Å². The molecule has 4 heteroatoms. The Bertz CT molecular complexity index is 366. The highest BCUT2D eigenvalue weighted by Crippen LogP contribution is 2.17. The van der Waals surface area contributed by atoms with Gasteiger partial charge in [-0.05, 0) is 31.7 Å². The number of methoxy groups -OCH3 is 1. The number of carbonyl (C=O) groups excluding carboxylic acids is 1. The van der Waals surface area contributed by atoms with Gasteiger partial charge in [-0.25, -0.2) is 0 Å². The smallest absolute Gasteiger partial charge is 0.226 e. The lowest BCUT2D eigenvalue weighted by atomic mass is 10.1. The number of anilines is 1. The molecule has 1 aromatic rings. The van der Waals surface area contributed by atoms with Crippen LogP contribution in [0.2, 0.25) is 0 Å². The van der Waals surface area contributed by atoms with Crippen molar-refractivity contribution in [3.63, 3.8) is 0 Å². The first-order valence-corrected chi connectivity index (χ1v) is 5.73. The zero-order chi connectivity index (χ0) is 12.7. The SMILES string of the molecule is CNC(C)c1cccc(NC(=O)CCOC)c1. The molecule has 0 saturated carbocycles. The van der Waals surface area contributed by atoms with Gasteiger partial charge in [-0.15, -0.1) is 0 Å². The number of ether oxygens (including phenoxy) is 1. The Morgan fingerprint density at radius 3 is 2.88 bits per heavy atom. The number of hydrogen-bond acceptors (Lipinski definition) is 3. The molecule has 2 N–H and O–H groups in total. The molecule has 1 unspecified atom stereocenters. The van der Waals surface area contributed by atoms with E-state index in [4.69, 9.17) is 4.74 Å². The summed E-state index contributed by atoms with van der Waals surface area (Å²) < 4.78 is 4.86. The molecule has 0 aliphatic carbocycles. The van der Waals surface area contributed by atoms with Gasteiger partial charge < -0.3 is 15.4 Å². The van der Waals surface area contributed by atoms with Gasteiger partial charge in [0.25, 0.3) is 0 Å². The quantitative estimate of drug-likeness (QED) is 0.793. The number of rotatable bonds is 6. The monoisotopic (exact) mass is 236 g/mol. The third-order valence-electron chi connectivity index (χ3n) is 2.64. The summed E-state index contributed by atoms with van der Waals surface area (Å²) >= 11 is 0. The van der Waals surface area contributed by atoms with E-state index in [2.05, 4.69) is 17.6 Å². The molecule has 4 nitrogen and oxygen atoms in total. The average molecular weight is 236 g/mol. The second-order valence-electron chi connectivity index (χ2n) is 3.93. The van der Waals surface area contributed by atoms with Crippen LogP contribution in [0, 0.1) is 0 Å². The van der Waals surface area contributed by atoms with Crippen LogP contribution < -0.4 is 10.6 Å². The largest absolute Gasteiger partial charge is 0.384 e. The fraction of sp³-hybridized carbons (Fsp3) is 0.462. The van der Waals surface area contributed by atoms with Crippen molar-refractivity contribution in [1.82, 2.24) is 5.32 Å². The van der Waals surface area contributed by atoms with Gasteiger partial charge in [0, 0.05) is 18.8 Å². The number of carbonyl (C=O) groups is 1. The second-order valence-corrected chi connectivity index (χ2v) is 3.93. The van der Waals surface area contributed by atoms with Crippen LogP contribution in [0.1, 0.15) is 24.9 Å². The molecule has 17 heavy (non-hydrogen) atoms. The minimum Gasteiger partial charge on any atom is -0.384 e. The number of hydrogen-bond donors (Lipinski definition) is 2. The van der Waals surface area contributed by atoms with Gasteiger partial charge in [0.05, 0.1) is 13.0 Å². The summed E-state index contributed by atoms with van der Waals surface area (Å²) in [6.45, 7) is 2.52. The van der Waals surface area contributed by atoms with E-state index < -0.39 is 0 Å². The zero-order valence-corrected chi connectivity index (χ0v) is 10.6. The van der Waals surface area contributed by atoms with E-state index in [-0.39, 0.29) is 11.9 Å². The Balaban J connectivity index is 2.62. The topological polar surface area (TPSA) is 50.4 Å². The van der Waals surface area contributed by atoms with E-state index in [9.17, 15) is 4.79 Å². The summed E-state index contributed by atoms with van der Waals surface area (Å²) in [6.07, 6.45) is 0.377. The maximum Gasteiger partial charge on any atom is 0.226 e. The van der Waals surface area contributed by atoms with Crippen LogP contribution in [0.4, 0.5) is 5.69 Å². The standard InChI is InChI=1S/C13H20N2O2/c1-10(14-2)11-5-4-6-12(9-11)15-13(16)7-8-17-3/h4-6,9-10,14H,7-8H2,1-3H3,(H,15,16). The van der Waals surface area contributed by atoms with Gasteiger partial charge in [0.2, 0.25) is 5.91 Å². The highest BCUT2D eigenvalue weighted by atomic mass is 16.5. The van der Waals surface area contributed by atoms with Crippen molar-refractivity contribution in [2.75, 3.05) is 26.1 Å². The maximum absolute atomic E-state index is 11.5.